The zero-order valence-corrected chi connectivity index (χ0v) is 15.6. The molecule has 2 amide bonds. The van der Waals surface area contributed by atoms with Gasteiger partial charge in [-0.05, 0) is 36.2 Å². The molecule has 0 N–H and O–H groups in total. The van der Waals surface area contributed by atoms with Gasteiger partial charge in [0.05, 0.1) is 24.4 Å². The van der Waals surface area contributed by atoms with Crippen LogP contribution >= 0.6 is 11.6 Å². The summed E-state index contributed by atoms with van der Waals surface area (Å²) in [6, 6.07) is 11.1. The van der Waals surface area contributed by atoms with E-state index in [2.05, 4.69) is 10.3 Å². The number of aryl methyl sites for hydroxylation is 1. The van der Waals surface area contributed by atoms with Crippen LogP contribution in [0.25, 0.3) is 0 Å². The summed E-state index contributed by atoms with van der Waals surface area (Å²) in [5, 5.41) is 10.0. The maximum atomic E-state index is 13.0. The van der Waals surface area contributed by atoms with Gasteiger partial charge in [-0.2, -0.15) is 5.11 Å². The van der Waals surface area contributed by atoms with Gasteiger partial charge in [0.25, 0.3) is 11.8 Å². The summed E-state index contributed by atoms with van der Waals surface area (Å²) >= 11 is 6.15. The van der Waals surface area contributed by atoms with Gasteiger partial charge in [-0.25, -0.2) is 4.90 Å². The van der Waals surface area contributed by atoms with Crippen LogP contribution in [0.15, 0.2) is 52.8 Å². The van der Waals surface area contributed by atoms with Crippen molar-refractivity contribution in [1.82, 2.24) is 5.01 Å². The van der Waals surface area contributed by atoms with Crippen molar-refractivity contribution in [3.05, 3.63) is 58.6 Å². The van der Waals surface area contributed by atoms with Crippen LogP contribution in [0.1, 0.15) is 11.1 Å². The number of carbonyl (C=O) groups excluding carboxylic acids is 2. The van der Waals surface area contributed by atoms with E-state index in [1.807, 2.05) is 31.2 Å². The Kier molecular flexibility index (Phi) is 4.31. The molecule has 1 fully saturated rings. The molecule has 0 radical (unpaired) electrons. The van der Waals surface area contributed by atoms with Crippen molar-refractivity contribution in [2.75, 3.05) is 12.0 Å². The Balaban J connectivity index is 1.62. The van der Waals surface area contributed by atoms with Gasteiger partial charge in [0.15, 0.2) is 12.1 Å². The molecule has 2 aliphatic heterocycles. The molecule has 2 aliphatic rings. The third-order valence-electron chi connectivity index (χ3n) is 4.85. The van der Waals surface area contributed by atoms with Gasteiger partial charge in [-0.3, -0.25) is 14.6 Å². The van der Waals surface area contributed by atoms with E-state index in [0.29, 0.717) is 23.0 Å². The molecule has 4 rings (SSSR count). The van der Waals surface area contributed by atoms with E-state index < -0.39 is 18.0 Å². The molecule has 0 aliphatic carbocycles. The summed E-state index contributed by atoms with van der Waals surface area (Å²) in [5.41, 5.74) is 2.52. The van der Waals surface area contributed by atoms with Crippen molar-refractivity contribution in [2.45, 2.75) is 25.6 Å². The van der Waals surface area contributed by atoms with Crippen molar-refractivity contribution >= 4 is 29.1 Å². The molecule has 0 unspecified atom stereocenters. The molecule has 0 bridgehead atoms. The predicted molar refractivity (Wildman–Crippen MR) is 99.7 cm³/mol. The lowest BCUT2D eigenvalue weighted by molar-refractivity contribution is -0.123. The Labute approximate surface area is 161 Å². The first-order valence-corrected chi connectivity index (χ1v) is 8.82. The first-order valence-electron chi connectivity index (χ1n) is 8.44. The fourth-order valence-electron chi connectivity index (χ4n) is 3.36. The SMILES string of the molecule is COc1ccc(N2C(=O)[C@@H]3N=NN(Cc4ccccc4C)[C@H]3C2=O)cc1Cl. The van der Waals surface area contributed by atoms with E-state index in [1.54, 1.807) is 23.2 Å². The summed E-state index contributed by atoms with van der Waals surface area (Å²) in [6.45, 7) is 2.40. The van der Waals surface area contributed by atoms with Crippen molar-refractivity contribution < 1.29 is 14.3 Å². The standard InChI is InChI=1S/C19H17ClN4O3/c1-11-5-3-4-6-12(11)10-23-17-16(21-22-23)18(25)24(19(17)26)13-7-8-15(27-2)14(20)9-13/h3-9,16-17H,10H2,1-2H3/t16-,17-/m1/s1. The Bertz CT molecular complexity index is 962. The number of anilines is 1. The number of amides is 2. The Morgan fingerprint density at radius 1 is 1.15 bits per heavy atom. The van der Waals surface area contributed by atoms with Crippen LogP contribution in [-0.2, 0) is 16.1 Å². The van der Waals surface area contributed by atoms with Crippen LogP contribution in [0, 0.1) is 6.92 Å². The number of ether oxygens (including phenoxy) is 1. The summed E-state index contributed by atoms with van der Waals surface area (Å²) in [6.07, 6.45) is 0. The van der Waals surface area contributed by atoms with E-state index in [1.165, 1.54) is 7.11 Å². The fourth-order valence-corrected chi connectivity index (χ4v) is 3.62. The van der Waals surface area contributed by atoms with Crippen molar-refractivity contribution in [1.29, 1.82) is 0 Å². The van der Waals surface area contributed by atoms with E-state index in [-0.39, 0.29) is 5.91 Å². The van der Waals surface area contributed by atoms with Crippen molar-refractivity contribution in [2.24, 2.45) is 10.3 Å². The highest BCUT2D eigenvalue weighted by atomic mass is 35.5. The minimum atomic E-state index is -0.831. The van der Waals surface area contributed by atoms with Crippen LogP contribution in [0.4, 0.5) is 5.69 Å². The first-order chi connectivity index (χ1) is 13.0. The predicted octanol–water partition coefficient (Wildman–Crippen LogP) is 3.15. The van der Waals surface area contributed by atoms with E-state index in [0.717, 1.165) is 16.0 Å². The number of hydrogen-bond donors (Lipinski definition) is 0. The number of benzene rings is 2. The van der Waals surface area contributed by atoms with Crippen LogP contribution in [0.2, 0.25) is 5.02 Å². The van der Waals surface area contributed by atoms with Gasteiger partial charge in [-0.1, -0.05) is 41.1 Å². The second-order valence-corrected chi connectivity index (χ2v) is 6.86. The minimum Gasteiger partial charge on any atom is -0.495 e. The number of carbonyl (C=O) groups is 2. The summed E-state index contributed by atoms with van der Waals surface area (Å²) in [4.78, 5) is 26.9. The molecule has 0 saturated carbocycles. The molecule has 138 valence electrons. The number of nitrogens with zero attached hydrogens (tertiary/aromatic N) is 4. The molecular formula is C19H17ClN4O3. The average molecular weight is 385 g/mol. The highest BCUT2D eigenvalue weighted by Crippen LogP contribution is 2.36. The van der Waals surface area contributed by atoms with Gasteiger partial charge in [-0.15, -0.1) is 0 Å². The molecule has 2 aromatic carbocycles. The zero-order valence-electron chi connectivity index (χ0n) is 14.8. The highest BCUT2D eigenvalue weighted by molar-refractivity contribution is 6.33. The van der Waals surface area contributed by atoms with E-state index in [9.17, 15) is 9.59 Å². The van der Waals surface area contributed by atoms with Crippen molar-refractivity contribution in [3.63, 3.8) is 0 Å². The van der Waals surface area contributed by atoms with Crippen LogP contribution in [-0.4, -0.2) is 36.0 Å². The molecule has 2 heterocycles. The molecule has 7 nitrogen and oxygen atoms in total. The lowest BCUT2D eigenvalue weighted by Gasteiger charge is -2.21. The fraction of sp³-hybridized carbons (Fsp3) is 0.263. The lowest BCUT2D eigenvalue weighted by Crippen LogP contribution is -2.39. The number of methoxy groups -OCH3 is 1. The van der Waals surface area contributed by atoms with Gasteiger partial charge < -0.3 is 4.74 Å². The molecule has 1 saturated heterocycles. The first kappa shape index (κ1) is 17.5. The summed E-state index contributed by atoms with van der Waals surface area (Å²) in [5.74, 6) is -0.285. The molecule has 27 heavy (non-hydrogen) atoms. The second kappa shape index (κ2) is 6.66. The largest absolute Gasteiger partial charge is 0.495 e. The molecule has 2 aromatic rings. The number of imide groups is 1. The van der Waals surface area contributed by atoms with Crippen LogP contribution in [0.3, 0.4) is 0 Å². The number of hydrogen-bond acceptors (Lipinski definition) is 6. The van der Waals surface area contributed by atoms with Gasteiger partial charge in [0.2, 0.25) is 0 Å². The molecular weight excluding hydrogens is 368 g/mol. The Hall–Kier alpha value is -2.93. The maximum Gasteiger partial charge on any atom is 0.263 e. The summed E-state index contributed by atoms with van der Waals surface area (Å²) in [7, 11) is 1.50. The van der Waals surface area contributed by atoms with Gasteiger partial charge in [0, 0.05) is 0 Å². The monoisotopic (exact) mass is 384 g/mol. The van der Waals surface area contributed by atoms with Gasteiger partial charge >= 0.3 is 0 Å². The van der Waals surface area contributed by atoms with Crippen LogP contribution in [0.5, 0.6) is 5.75 Å². The smallest absolute Gasteiger partial charge is 0.263 e. The highest BCUT2D eigenvalue weighted by Gasteiger charge is 2.54. The topological polar surface area (TPSA) is 74.6 Å². The van der Waals surface area contributed by atoms with Crippen LogP contribution < -0.4 is 9.64 Å². The second-order valence-electron chi connectivity index (χ2n) is 6.45. The van der Waals surface area contributed by atoms with E-state index in [4.69, 9.17) is 16.3 Å². The molecule has 0 aromatic heterocycles. The Morgan fingerprint density at radius 2 is 1.93 bits per heavy atom. The van der Waals surface area contributed by atoms with Gasteiger partial charge in [0.1, 0.15) is 5.75 Å². The average Bonchev–Trinajstić information content (AvgIpc) is 3.17. The zero-order chi connectivity index (χ0) is 19.1. The number of fused-ring (bicyclic) bond motifs is 1. The molecule has 8 heteroatoms. The van der Waals surface area contributed by atoms with Crippen molar-refractivity contribution in [3.8, 4) is 5.75 Å². The normalized spacial score (nSPS) is 21.1. The molecule has 2 atom stereocenters. The number of halogens is 1. The summed E-state index contributed by atoms with van der Waals surface area (Å²) < 4.78 is 5.12. The van der Waals surface area contributed by atoms with E-state index >= 15 is 0 Å². The minimum absolute atomic E-state index is 0.325. The Morgan fingerprint density at radius 3 is 2.63 bits per heavy atom. The lowest BCUT2D eigenvalue weighted by atomic mass is 10.1. The maximum absolute atomic E-state index is 13.0. The third-order valence-corrected chi connectivity index (χ3v) is 5.14. The molecule has 0 spiro atoms. The quantitative estimate of drug-likeness (QED) is 0.759. The number of rotatable bonds is 4. The third kappa shape index (κ3) is 2.84.